The van der Waals surface area contributed by atoms with Crippen molar-refractivity contribution in [2.45, 2.75) is 66.1 Å². The Balaban J connectivity index is 5.01. The van der Waals surface area contributed by atoms with Gasteiger partial charge in [-0.15, -0.1) is 0 Å². The van der Waals surface area contributed by atoms with Gasteiger partial charge in [0.05, 0.1) is 6.04 Å². The quantitative estimate of drug-likeness (QED) is 0.497. The number of rotatable bonds is 9. The average Bonchev–Trinajstić information content (AvgIpc) is 2.46. The number of carboxylic acid groups (broad SMARTS) is 1. The molecule has 0 aliphatic heterocycles. The van der Waals surface area contributed by atoms with Gasteiger partial charge in [0, 0.05) is 0 Å². The molecule has 0 heterocycles. The summed E-state index contributed by atoms with van der Waals surface area (Å²) in [5.74, 6) is -2.46. The van der Waals surface area contributed by atoms with Crippen molar-refractivity contribution < 1.29 is 19.5 Å². The van der Waals surface area contributed by atoms with Gasteiger partial charge >= 0.3 is 5.97 Å². The monoisotopic (exact) mass is 329 g/mol. The third-order valence-electron chi connectivity index (χ3n) is 4.04. The number of carbonyl (C=O) groups is 3. The topological polar surface area (TPSA) is 122 Å². The third kappa shape index (κ3) is 6.56. The van der Waals surface area contributed by atoms with Crippen LogP contribution in [0.3, 0.4) is 0 Å². The van der Waals surface area contributed by atoms with E-state index in [1.807, 2.05) is 13.8 Å². The molecule has 0 aromatic heterocycles. The van der Waals surface area contributed by atoms with Crippen LogP contribution < -0.4 is 16.4 Å². The fourth-order valence-electron chi connectivity index (χ4n) is 2.05. The Morgan fingerprint density at radius 3 is 1.70 bits per heavy atom. The lowest BCUT2D eigenvalue weighted by Crippen LogP contribution is -2.57. The van der Waals surface area contributed by atoms with E-state index in [1.54, 1.807) is 27.7 Å². The van der Waals surface area contributed by atoms with Gasteiger partial charge in [-0.3, -0.25) is 9.59 Å². The smallest absolute Gasteiger partial charge is 0.326 e. The second-order valence-corrected chi connectivity index (χ2v) is 6.71. The van der Waals surface area contributed by atoms with Crippen molar-refractivity contribution in [1.29, 1.82) is 0 Å². The minimum absolute atomic E-state index is 0.00620. The van der Waals surface area contributed by atoms with Crippen LogP contribution in [-0.4, -0.2) is 41.0 Å². The Labute approximate surface area is 138 Å². The highest BCUT2D eigenvalue weighted by Crippen LogP contribution is 2.09. The van der Waals surface area contributed by atoms with Crippen molar-refractivity contribution >= 4 is 17.8 Å². The SMILES string of the molecule is CCC(C)C(N)C(=O)NC(C(=O)NC(C(=O)O)C(C)C)C(C)C. The number of hydrogen-bond acceptors (Lipinski definition) is 4. The first kappa shape index (κ1) is 21.4. The Morgan fingerprint density at radius 2 is 1.35 bits per heavy atom. The van der Waals surface area contributed by atoms with Crippen molar-refractivity contribution in [1.82, 2.24) is 10.6 Å². The van der Waals surface area contributed by atoms with Gasteiger partial charge in [-0.05, 0) is 17.8 Å². The second kappa shape index (κ2) is 9.50. The van der Waals surface area contributed by atoms with Crippen molar-refractivity contribution in [3.63, 3.8) is 0 Å². The summed E-state index contributed by atoms with van der Waals surface area (Å²) in [6.07, 6.45) is 0.752. The lowest BCUT2D eigenvalue weighted by Gasteiger charge is -2.27. The standard InChI is InChI=1S/C16H31N3O4/c1-7-10(6)11(17)14(20)18-12(8(2)3)15(21)19-13(9(4)5)16(22)23/h8-13H,7,17H2,1-6H3,(H,18,20)(H,19,21)(H,22,23). The van der Waals surface area contributed by atoms with Gasteiger partial charge in [0.15, 0.2) is 0 Å². The van der Waals surface area contributed by atoms with Crippen molar-refractivity contribution in [2.75, 3.05) is 0 Å². The Morgan fingerprint density at radius 1 is 0.913 bits per heavy atom. The maximum absolute atomic E-state index is 12.4. The average molecular weight is 329 g/mol. The fourth-order valence-corrected chi connectivity index (χ4v) is 2.05. The summed E-state index contributed by atoms with van der Waals surface area (Å²) in [5.41, 5.74) is 5.88. The summed E-state index contributed by atoms with van der Waals surface area (Å²) < 4.78 is 0. The Hall–Kier alpha value is -1.63. The van der Waals surface area contributed by atoms with E-state index in [2.05, 4.69) is 10.6 Å². The van der Waals surface area contributed by atoms with E-state index in [4.69, 9.17) is 10.8 Å². The van der Waals surface area contributed by atoms with Gasteiger partial charge in [-0.2, -0.15) is 0 Å². The fraction of sp³-hybridized carbons (Fsp3) is 0.812. The van der Waals surface area contributed by atoms with Gasteiger partial charge in [-0.1, -0.05) is 48.0 Å². The highest BCUT2D eigenvalue weighted by molar-refractivity contribution is 5.92. The molecule has 4 unspecified atom stereocenters. The molecular weight excluding hydrogens is 298 g/mol. The van der Waals surface area contributed by atoms with Crippen molar-refractivity contribution in [2.24, 2.45) is 23.5 Å². The molecule has 0 saturated carbocycles. The highest BCUT2D eigenvalue weighted by atomic mass is 16.4. The van der Waals surface area contributed by atoms with Crippen LogP contribution in [0.25, 0.3) is 0 Å². The van der Waals surface area contributed by atoms with E-state index < -0.39 is 35.9 Å². The summed E-state index contributed by atoms with van der Waals surface area (Å²) in [5, 5.41) is 14.3. The lowest BCUT2D eigenvalue weighted by molar-refractivity contribution is -0.143. The summed E-state index contributed by atoms with van der Waals surface area (Å²) in [7, 11) is 0. The van der Waals surface area contributed by atoms with Gasteiger partial charge in [0.25, 0.3) is 0 Å². The minimum Gasteiger partial charge on any atom is -0.480 e. The number of nitrogens with two attached hydrogens (primary N) is 1. The molecule has 0 saturated heterocycles. The van der Waals surface area contributed by atoms with E-state index in [0.29, 0.717) is 0 Å². The number of nitrogens with one attached hydrogen (secondary N) is 2. The molecule has 7 heteroatoms. The van der Waals surface area contributed by atoms with E-state index in [9.17, 15) is 14.4 Å². The molecule has 23 heavy (non-hydrogen) atoms. The van der Waals surface area contributed by atoms with E-state index in [0.717, 1.165) is 6.42 Å². The van der Waals surface area contributed by atoms with Gasteiger partial charge in [0.1, 0.15) is 12.1 Å². The molecule has 134 valence electrons. The first-order chi connectivity index (χ1) is 10.5. The zero-order chi connectivity index (χ0) is 18.3. The number of aliphatic carboxylic acids is 1. The molecule has 2 amide bonds. The lowest BCUT2D eigenvalue weighted by atomic mass is 9.97. The zero-order valence-corrected chi connectivity index (χ0v) is 14.9. The molecule has 0 fully saturated rings. The largest absolute Gasteiger partial charge is 0.480 e. The number of amides is 2. The maximum atomic E-state index is 12.4. The summed E-state index contributed by atoms with van der Waals surface area (Å²) in [6.45, 7) is 10.8. The normalized spacial score (nSPS) is 16.6. The van der Waals surface area contributed by atoms with Crippen molar-refractivity contribution in [3.8, 4) is 0 Å². The second-order valence-electron chi connectivity index (χ2n) is 6.71. The van der Waals surface area contributed by atoms with Crippen LogP contribution in [0.2, 0.25) is 0 Å². The molecule has 4 atom stereocenters. The van der Waals surface area contributed by atoms with Crippen LogP contribution >= 0.6 is 0 Å². The summed E-state index contributed by atoms with van der Waals surface area (Å²) in [4.78, 5) is 35.8. The van der Waals surface area contributed by atoms with E-state index in [-0.39, 0.29) is 17.8 Å². The highest BCUT2D eigenvalue weighted by Gasteiger charge is 2.31. The molecule has 0 aliphatic carbocycles. The number of hydrogen-bond donors (Lipinski definition) is 4. The number of carbonyl (C=O) groups excluding carboxylic acids is 2. The molecule has 7 nitrogen and oxygen atoms in total. The van der Waals surface area contributed by atoms with Gasteiger partial charge in [-0.25, -0.2) is 4.79 Å². The van der Waals surface area contributed by atoms with Crippen molar-refractivity contribution in [3.05, 3.63) is 0 Å². The molecule has 0 aromatic rings. The molecular formula is C16H31N3O4. The molecule has 5 N–H and O–H groups in total. The molecule has 0 aromatic carbocycles. The molecule has 0 rings (SSSR count). The van der Waals surface area contributed by atoms with Crippen LogP contribution in [0, 0.1) is 17.8 Å². The maximum Gasteiger partial charge on any atom is 0.326 e. The first-order valence-electron chi connectivity index (χ1n) is 8.11. The third-order valence-corrected chi connectivity index (χ3v) is 4.04. The van der Waals surface area contributed by atoms with Crippen LogP contribution in [-0.2, 0) is 14.4 Å². The predicted octanol–water partition coefficient (Wildman–Crippen LogP) is 0.726. The Bertz CT molecular complexity index is 424. The van der Waals surface area contributed by atoms with Gasteiger partial charge in [0.2, 0.25) is 11.8 Å². The summed E-state index contributed by atoms with van der Waals surface area (Å²) in [6, 6.07) is -2.52. The molecule has 0 bridgehead atoms. The zero-order valence-electron chi connectivity index (χ0n) is 14.9. The van der Waals surface area contributed by atoms with Gasteiger partial charge < -0.3 is 21.5 Å². The molecule has 0 spiro atoms. The van der Waals surface area contributed by atoms with E-state index in [1.165, 1.54) is 0 Å². The van der Waals surface area contributed by atoms with Crippen LogP contribution in [0.1, 0.15) is 48.0 Å². The Kier molecular flexibility index (Phi) is 8.82. The summed E-state index contributed by atoms with van der Waals surface area (Å²) >= 11 is 0. The van der Waals surface area contributed by atoms with Crippen LogP contribution in [0.5, 0.6) is 0 Å². The minimum atomic E-state index is -1.10. The molecule has 0 radical (unpaired) electrons. The number of carboxylic acids is 1. The predicted molar refractivity (Wildman–Crippen MR) is 88.6 cm³/mol. The first-order valence-corrected chi connectivity index (χ1v) is 8.11. The van der Waals surface area contributed by atoms with Crippen LogP contribution in [0.15, 0.2) is 0 Å². The van der Waals surface area contributed by atoms with Crippen LogP contribution in [0.4, 0.5) is 0 Å². The molecule has 0 aliphatic rings. The van der Waals surface area contributed by atoms with E-state index >= 15 is 0 Å².